The maximum Gasteiger partial charge on any atom is 0.0799 e. The average Bonchev–Trinajstić information content (AvgIpc) is 2.48. The van der Waals surface area contributed by atoms with Crippen molar-refractivity contribution >= 4 is 0 Å². The van der Waals surface area contributed by atoms with Crippen molar-refractivity contribution in [3.8, 4) is 0 Å². The predicted octanol–water partition coefficient (Wildman–Crippen LogP) is 1.16. The normalized spacial score (nSPS) is 21.0. The van der Waals surface area contributed by atoms with E-state index in [9.17, 15) is 5.11 Å². The number of fused-ring (bicyclic) bond motifs is 1. The van der Waals surface area contributed by atoms with Crippen LogP contribution in [-0.2, 0) is 13.0 Å². The van der Waals surface area contributed by atoms with Crippen molar-refractivity contribution in [1.82, 2.24) is 0 Å². The van der Waals surface area contributed by atoms with Gasteiger partial charge in [0.2, 0.25) is 0 Å². The van der Waals surface area contributed by atoms with E-state index in [1.54, 1.807) is 0 Å². The smallest absolute Gasteiger partial charge is 0.0799 e. The maximum atomic E-state index is 9.58. The van der Waals surface area contributed by atoms with E-state index < -0.39 is 0 Å². The third-order valence-corrected chi connectivity index (χ3v) is 2.48. The molecular weight excluding hydrogens is 152 g/mol. The van der Waals surface area contributed by atoms with Crippen LogP contribution in [0.3, 0.4) is 0 Å². The lowest BCUT2D eigenvalue weighted by molar-refractivity contribution is 0.176. The number of aliphatic hydroxyl groups excluding tert-OH is 2. The molecule has 0 radical (unpaired) electrons. The van der Waals surface area contributed by atoms with Crippen LogP contribution in [0.5, 0.6) is 0 Å². The second-order valence-corrected chi connectivity index (χ2v) is 3.20. The van der Waals surface area contributed by atoms with Gasteiger partial charge in [0.15, 0.2) is 0 Å². The molecule has 0 aromatic heterocycles. The van der Waals surface area contributed by atoms with E-state index in [-0.39, 0.29) is 12.7 Å². The molecule has 0 amide bonds. The molecule has 0 spiro atoms. The largest absolute Gasteiger partial charge is 0.392 e. The fraction of sp³-hybridized carbons (Fsp3) is 0.400. The zero-order valence-electron chi connectivity index (χ0n) is 6.83. The first-order valence-corrected chi connectivity index (χ1v) is 4.22. The molecule has 0 heterocycles. The highest BCUT2D eigenvalue weighted by molar-refractivity contribution is 5.39. The lowest BCUT2D eigenvalue weighted by Gasteiger charge is -2.08. The summed E-state index contributed by atoms with van der Waals surface area (Å²) in [6, 6.07) is 5.82. The van der Waals surface area contributed by atoms with Gasteiger partial charge in [0, 0.05) is 0 Å². The fourth-order valence-electron chi connectivity index (χ4n) is 1.89. The second-order valence-electron chi connectivity index (χ2n) is 3.20. The molecule has 0 saturated heterocycles. The van der Waals surface area contributed by atoms with E-state index in [0.29, 0.717) is 0 Å². The molecule has 0 bridgehead atoms. The Labute approximate surface area is 71.5 Å². The van der Waals surface area contributed by atoms with Gasteiger partial charge in [-0.25, -0.2) is 0 Å². The van der Waals surface area contributed by atoms with E-state index in [2.05, 4.69) is 0 Å². The Balaban J connectivity index is 2.53. The summed E-state index contributed by atoms with van der Waals surface area (Å²) in [6.45, 7) is 0.0280. The topological polar surface area (TPSA) is 40.5 Å². The van der Waals surface area contributed by atoms with Crippen LogP contribution in [0.2, 0.25) is 0 Å². The van der Waals surface area contributed by atoms with Crippen molar-refractivity contribution in [3.05, 3.63) is 34.9 Å². The summed E-state index contributed by atoms with van der Waals surface area (Å²) in [5, 5.41) is 18.6. The van der Waals surface area contributed by atoms with Crippen LogP contribution in [-0.4, -0.2) is 10.2 Å². The first kappa shape index (κ1) is 7.77. The number of benzene rings is 1. The molecule has 1 unspecified atom stereocenters. The quantitative estimate of drug-likeness (QED) is 0.653. The van der Waals surface area contributed by atoms with Crippen molar-refractivity contribution in [1.29, 1.82) is 0 Å². The Bertz CT molecular complexity index is 294. The minimum Gasteiger partial charge on any atom is -0.392 e. The van der Waals surface area contributed by atoms with Crippen molar-refractivity contribution < 1.29 is 10.2 Å². The van der Waals surface area contributed by atoms with Gasteiger partial charge in [-0.1, -0.05) is 18.2 Å². The molecule has 0 saturated carbocycles. The summed E-state index contributed by atoms with van der Waals surface area (Å²) < 4.78 is 0. The molecule has 2 nitrogen and oxygen atoms in total. The van der Waals surface area contributed by atoms with Crippen molar-refractivity contribution in [2.24, 2.45) is 0 Å². The summed E-state index contributed by atoms with van der Waals surface area (Å²) >= 11 is 0. The molecule has 2 heteroatoms. The lowest BCUT2D eigenvalue weighted by Crippen LogP contribution is -1.97. The van der Waals surface area contributed by atoms with E-state index >= 15 is 0 Å². The Morgan fingerprint density at radius 3 is 3.00 bits per heavy atom. The maximum absolute atomic E-state index is 9.58. The van der Waals surface area contributed by atoms with Gasteiger partial charge in [-0.15, -0.1) is 0 Å². The summed E-state index contributed by atoms with van der Waals surface area (Å²) in [6.07, 6.45) is 1.37. The van der Waals surface area contributed by atoms with Gasteiger partial charge in [0.1, 0.15) is 0 Å². The Kier molecular flexibility index (Phi) is 1.87. The molecule has 64 valence electrons. The molecule has 1 aromatic rings. The van der Waals surface area contributed by atoms with Crippen LogP contribution in [0.15, 0.2) is 18.2 Å². The molecular formula is C10H12O2. The van der Waals surface area contributed by atoms with Gasteiger partial charge in [0.25, 0.3) is 0 Å². The third-order valence-electron chi connectivity index (χ3n) is 2.48. The second kappa shape index (κ2) is 2.88. The number of hydrogen-bond acceptors (Lipinski definition) is 2. The highest BCUT2D eigenvalue weighted by Gasteiger charge is 2.22. The van der Waals surface area contributed by atoms with Crippen LogP contribution in [0.4, 0.5) is 0 Å². The lowest BCUT2D eigenvalue weighted by atomic mass is 10.0. The first-order valence-electron chi connectivity index (χ1n) is 4.22. The van der Waals surface area contributed by atoms with Gasteiger partial charge in [0.05, 0.1) is 12.7 Å². The number of hydrogen-bond donors (Lipinski definition) is 2. The monoisotopic (exact) mass is 164 g/mol. The van der Waals surface area contributed by atoms with Crippen LogP contribution in [0.25, 0.3) is 0 Å². The minimum absolute atomic E-state index is 0.0280. The zero-order valence-corrected chi connectivity index (χ0v) is 6.83. The van der Waals surface area contributed by atoms with Crippen LogP contribution < -0.4 is 0 Å². The number of aliphatic hydroxyl groups is 2. The van der Waals surface area contributed by atoms with Gasteiger partial charge in [-0.05, 0) is 29.5 Å². The number of aryl methyl sites for hydroxylation is 1. The highest BCUT2D eigenvalue weighted by Crippen LogP contribution is 2.33. The standard InChI is InChI=1S/C10H12O2/c11-6-8-3-1-2-7-4-5-9(12)10(7)8/h1-3,9,11-12H,4-6H2. The van der Waals surface area contributed by atoms with E-state index in [0.717, 1.165) is 24.0 Å². The molecule has 1 aliphatic carbocycles. The molecule has 0 fully saturated rings. The zero-order chi connectivity index (χ0) is 8.55. The van der Waals surface area contributed by atoms with Crippen molar-refractivity contribution in [2.75, 3.05) is 0 Å². The van der Waals surface area contributed by atoms with Gasteiger partial charge in [-0.2, -0.15) is 0 Å². The summed E-state index contributed by atoms with van der Waals surface area (Å²) in [4.78, 5) is 0. The van der Waals surface area contributed by atoms with Crippen LogP contribution in [0.1, 0.15) is 29.2 Å². The Morgan fingerprint density at radius 2 is 2.25 bits per heavy atom. The van der Waals surface area contributed by atoms with Gasteiger partial charge in [-0.3, -0.25) is 0 Å². The van der Waals surface area contributed by atoms with Crippen LogP contribution >= 0.6 is 0 Å². The molecule has 1 aliphatic rings. The van der Waals surface area contributed by atoms with Crippen LogP contribution in [0, 0.1) is 0 Å². The average molecular weight is 164 g/mol. The molecule has 1 atom stereocenters. The molecule has 0 aliphatic heterocycles. The first-order chi connectivity index (χ1) is 5.83. The summed E-state index contributed by atoms with van der Waals surface area (Å²) in [5.41, 5.74) is 3.02. The molecule has 2 rings (SSSR count). The molecule has 2 N–H and O–H groups in total. The van der Waals surface area contributed by atoms with Gasteiger partial charge >= 0.3 is 0 Å². The minimum atomic E-state index is -0.358. The molecule has 1 aromatic carbocycles. The SMILES string of the molecule is OCc1cccc2c1C(O)CC2. The van der Waals surface area contributed by atoms with Crippen molar-refractivity contribution in [3.63, 3.8) is 0 Å². The Hall–Kier alpha value is -0.860. The van der Waals surface area contributed by atoms with E-state index in [4.69, 9.17) is 5.11 Å². The van der Waals surface area contributed by atoms with E-state index in [1.165, 1.54) is 5.56 Å². The summed E-state index contributed by atoms with van der Waals surface area (Å²) in [5.74, 6) is 0. The predicted molar refractivity (Wildman–Crippen MR) is 45.6 cm³/mol. The highest BCUT2D eigenvalue weighted by atomic mass is 16.3. The van der Waals surface area contributed by atoms with Gasteiger partial charge < -0.3 is 10.2 Å². The Morgan fingerprint density at radius 1 is 1.42 bits per heavy atom. The van der Waals surface area contributed by atoms with Crippen molar-refractivity contribution in [2.45, 2.75) is 25.6 Å². The molecule has 12 heavy (non-hydrogen) atoms. The number of rotatable bonds is 1. The summed E-state index contributed by atoms with van der Waals surface area (Å²) in [7, 11) is 0. The fourth-order valence-corrected chi connectivity index (χ4v) is 1.89. The third kappa shape index (κ3) is 1.04. The van der Waals surface area contributed by atoms with E-state index in [1.807, 2.05) is 18.2 Å².